The van der Waals surface area contributed by atoms with Gasteiger partial charge in [-0.15, -0.1) is 0 Å². The van der Waals surface area contributed by atoms with Crippen molar-refractivity contribution < 1.29 is 0 Å². The Bertz CT molecular complexity index is 3410. The Morgan fingerprint density at radius 1 is 0.323 bits per heavy atom. The lowest BCUT2D eigenvalue weighted by molar-refractivity contribution is 1.07. The summed E-state index contributed by atoms with van der Waals surface area (Å²) in [5.74, 6) is 1.93. The molecule has 12 rings (SSSR count). The van der Waals surface area contributed by atoms with Gasteiger partial charge in [-0.1, -0.05) is 170 Å². The molecule has 1 aliphatic heterocycles. The third-order valence-electron chi connectivity index (χ3n) is 11.9. The van der Waals surface area contributed by atoms with Crippen molar-refractivity contribution in [3.05, 3.63) is 224 Å². The van der Waals surface area contributed by atoms with Gasteiger partial charge < -0.3 is 9.47 Å². The molecule has 0 radical (unpaired) electrons. The Morgan fingerprint density at radius 3 is 1.53 bits per heavy atom. The summed E-state index contributed by atoms with van der Waals surface area (Å²) in [5, 5.41) is 3.48. The number of rotatable bonds is 6. The van der Waals surface area contributed by atoms with Crippen LogP contribution in [0.25, 0.3) is 95.0 Å². The molecular weight excluding hydrogens is 755 g/mol. The zero-order valence-corrected chi connectivity index (χ0v) is 33.6. The minimum Gasteiger partial charge on any atom is -0.309 e. The first kappa shape index (κ1) is 35.5. The van der Waals surface area contributed by atoms with Crippen molar-refractivity contribution in [3.8, 4) is 73.4 Å². The van der Waals surface area contributed by atoms with Gasteiger partial charge in [0.05, 0.1) is 22.6 Å². The highest BCUT2D eigenvalue weighted by molar-refractivity contribution is 6.13. The Kier molecular flexibility index (Phi) is 8.42. The summed E-state index contributed by atoms with van der Waals surface area (Å²) in [5.41, 5.74) is 15.6. The smallest absolute Gasteiger partial charge is 0.164 e. The van der Waals surface area contributed by atoms with Gasteiger partial charge in [0.2, 0.25) is 0 Å². The largest absolute Gasteiger partial charge is 0.309 e. The highest BCUT2D eigenvalue weighted by Gasteiger charge is 2.31. The number of nitrogens with zero attached hydrogens (tertiary/aromatic N) is 5. The fraction of sp³-hybridized carbons (Fsp3) is 0. The van der Waals surface area contributed by atoms with Crippen LogP contribution < -0.4 is 4.90 Å². The summed E-state index contributed by atoms with van der Waals surface area (Å²) in [4.78, 5) is 17.4. The first-order valence-electron chi connectivity index (χ1n) is 20.9. The van der Waals surface area contributed by atoms with Gasteiger partial charge in [-0.25, -0.2) is 15.0 Å². The van der Waals surface area contributed by atoms with Gasteiger partial charge in [0.15, 0.2) is 17.5 Å². The second kappa shape index (κ2) is 14.7. The van der Waals surface area contributed by atoms with E-state index in [2.05, 4.69) is 173 Å². The average molecular weight is 792 g/mol. The second-order valence-corrected chi connectivity index (χ2v) is 15.6. The van der Waals surface area contributed by atoms with Crippen molar-refractivity contribution in [1.82, 2.24) is 19.5 Å². The number of aromatic nitrogens is 4. The summed E-state index contributed by atoms with van der Waals surface area (Å²) in [6.07, 6.45) is 0. The summed E-state index contributed by atoms with van der Waals surface area (Å²) in [7, 11) is 0. The van der Waals surface area contributed by atoms with E-state index in [0.29, 0.717) is 17.5 Å². The van der Waals surface area contributed by atoms with E-state index < -0.39 is 0 Å². The maximum absolute atomic E-state index is 5.02. The fourth-order valence-electron chi connectivity index (χ4n) is 9.10. The van der Waals surface area contributed by atoms with Crippen LogP contribution in [0.3, 0.4) is 0 Å². The molecule has 0 N–H and O–H groups in total. The van der Waals surface area contributed by atoms with E-state index in [0.717, 1.165) is 61.3 Å². The van der Waals surface area contributed by atoms with E-state index in [-0.39, 0.29) is 0 Å². The van der Waals surface area contributed by atoms with Crippen LogP contribution in [0, 0.1) is 0 Å². The van der Waals surface area contributed by atoms with Gasteiger partial charge in [0.1, 0.15) is 0 Å². The molecule has 2 aromatic heterocycles. The molecule has 0 spiro atoms. The molecule has 9 aromatic carbocycles. The quantitative estimate of drug-likeness (QED) is 0.168. The third-order valence-corrected chi connectivity index (χ3v) is 11.9. The summed E-state index contributed by atoms with van der Waals surface area (Å²) >= 11 is 0. The Morgan fingerprint density at radius 2 is 0.823 bits per heavy atom. The van der Waals surface area contributed by atoms with Crippen LogP contribution in [-0.2, 0) is 0 Å². The fourth-order valence-corrected chi connectivity index (χ4v) is 9.10. The van der Waals surface area contributed by atoms with Crippen molar-refractivity contribution in [1.29, 1.82) is 0 Å². The van der Waals surface area contributed by atoms with E-state index in [1.165, 1.54) is 33.3 Å². The van der Waals surface area contributed by atoms with Gasteiger partial charge in [0.25, 0.3) is 0 Å². The first-order valence-corrected chi connectivity index (χ1v) is 20.9. The zero-order valence-electron chi connectivity index (χ0n) is 33.6. The van der Waals surface area contributed by atoms with Crippen LogP contribution in [-0.4, -0.2) is 19.5 Å². The molecule has 11 aromatic rings. The zero-order chi connectivity index (χ0) is 41.0. The number of para-hydroxylation sites is 4. The molecule has 0 atom stereocenters. The van der Waals surface area contributed by atoms with Crippen LogP contribution in [0.2, 0.25) is 0 Å². The van der Waals surface area contributed by atoms with Crippen molar-refractivity contribution in [2.45, 2.75) is 0 Å². The number of hydrogen-bond donors (Lipinski definition) is 0. The molecular formula is C57H37N5. The number of benzene rings is 9. The maximum Gasteiger partial charge on any atom is 0.164 e. The van der Waals surface area contributed by atoms with Crippen LogP contribution >= 0.6 is 0 Å². The van der Waals surface area contributed by atoms with Crippen LogP contribution in [0.1, 0.15) is 0 Å². The summed E-state index contributed by atoms with van der Waals surface area (Å²) in [6.45, 7) is 0. The maximum atomic E-state index is 5.02. The molecule has 0 unspecified atom stereocenters. The van der Waals surface area contributed by atoms with Crippen LogP contribution in [0.4, 0.5) is 17.1 Å². The molecule has 5 nitrogen and oxygen atoms in total. The van der Waals surface area contributed by atoms with Crippen molar-refractivity contribution >= 4 is 38.7 Å². The van der Waals surface area contributed by atoms with E-state index >= 15 is 0 Å². The molecule has 1 aliphatic rings. The Hall–Kier alpha value is -8.41. The molecule has 0 amide bonds. The predicted octanol–water partition coefficient (Wildman–Crippen LogP) is 14.8. The molecule has 3 heterocycles. The SMILES string of the molecule is c1ccc(-c2nc(-c3ccccc3)nc(-c3ccc4ccc(-c5cccc(N6c7ccccc7-c7c(n(-c8ccccc8)c8ccccc78)-c7ccccc76)c5)cc4c3)n2)cc1. The normalized spacial score (nSPS) is 11.8. The molecule has 0 fully saturated rings. The predicted molar refractivity (Wildman–Crippen MR) is 255 cm³/mol. The Balaban J connectivity index is 0.989. The van der Waals surface area contributed by atoms with E-state index in [1.54, 1.807) is 0 Å². The van der Waals surface area contributed by atoms with E-state index in [1.807, 2.05) is 60.7 Å². The van der Waals surface area contributed by atoms with Gasteiger partial charge >= 0.3 is 0 Å². The minimum absolute atomic E-state index is 0.638. The van der Waals surface area contributed by atoms with Crippen LogP contribution in [0.15, 0.2) is 224 Å². The second-order valence-electron chi connectivity index (χ2n) is 15.6. The lowest BCUT2D eigenvalue weighted by Crippen LogP contribution is -2.11. The van der Waals surface area contributed by atoms with Crippen LogP contribution in [0.5, 0.6) is 0 Å². The third kappa shape index (κ3) is 5.98. The highest BCUT2D eigenvalue weighted by Crippen LogP contribution is 2.54. The lowest BCUT2D eigenvalue weighted by atomic mass is 9.98. The lowest BCUT2D eigenvalue weighted by Gasteiger charge is -2.28. The Labute approximate surface area is 359 Å². The molecule has 290 valence electrons. The monoisotopic (exact) mass is 791 g/mol. The standard InChI is InChI=1S/C57H37N5/c1-4-17-39(18-5-1)55-58-56(40-19-6-2-7-20-40)60-57(59-55)43-34-32-38-31-33-42(35-44(38)36-43)41-21-16-24-46(37-41)61-50-28-13-10-25-47(50)53-48-26-11-14-29-51(48)62(45-22-8-3-9-23-45)54(53)49-27-12-15-30-52(49)61/h1-37H. The summed E-state index contributed by atoms with van der Waals surface area (Å²) in [6, 6.07) is 79.6. The van der Waals surface area contributed by atoms with Gasteiger partial charge in [-0.2, -0.15) is 0 Å². The van der Waals surface area contributed by atoms with Gasteiger partial charge in [0, 0.05) is 50.1 Å². The highest BCUT2D eigenvalue weighted by atomic mass is 15.2. The summed E-state index contributed by atoms with van der Waals surface area (Å²) < 4.78 is 2.44. The number of fused-ring (bicyclic) bond motifs is 8. The number of anilines is 3. The van der Waals surface area contributed by atoms with E-state index in [4.69, 9.17) is 15.0 Å². The minimum atomic E-state index is 0.638. The first-order chi connectivity index (χ1) is 30.7. The molecule has 0 saturated carbocycles. The molecule has 0 bridgehead atoms. The molecule has 0 saturated heterocycles. The number of hydrogen-bond acceptors (Lipinski definition) is 4. The molecule has 5 heteroatoms. The van der Waals surface area contributed by atoms with Crippen molar-refractivity contribution in [2.75, 3.05) is 4.90 Å². The molecule has 62 heavy (non-hydrogen) atoms. The topological polar surface area (TPSA) is 46.8 Å². The van der Waals surface area contributed by atoms with Crippen molar-refractivity contribution in [2.24, 2.45) is 0 Å². The van der Waals surface area contributed by atoms with E-state index in [9.17, 15) is 0 Å². The van der Waals surface area contributed by atoms with Gasteiger partial charge in [-0.3, -0.25) is 0 Å². The van der Waals surface area contributed by atoms with Crippen molar-refractivity contribution in [3.63, 3.8) is 0 Å². The van der Waals surface area contributed by atoms with Gasteiger partial charge in [-0.05, 0) is 76.5 Å². The average Bonchev–Trinajstić information content (AvgIpc) is 3.63. The molecule has 0 aliphatic carbocycles.